The molecule has 2 aromatic heterocycles. The maximum absolute atomic E-state index is 12.8. The molecule has 0 saturated heterocycles. The number of rotatable bonds is 9. The molecule has 0 fully saturated rings. The normalized spacial score (nSPS) is 11.6. The molecule has 0 atom stereocenters. The summed E-state index contributed by atoms with van der Waals surface area (Å²) in [6, 6.07) is 9.50. The first-order chi connectivity index (χ1) is 15.2. The molecule has 32 heavy (non-hydrogen) atoms. The van der Waals surface area contributed by atoms with Crippen LogP contribution in [-0.4, -0.2) is 46.5 Å². The summed E-state index contributed by atoms with van der Waals surface area (Å²) in [7, 11) is 2.83. The Balaban J connectivity index is 2.08. The van der Waals surface area contributed by atoms with Gasteiger partial charge in [0, 0.05) is 27.1 Å². The van der Waals surface area contributed by atoms with Crippen molar-refractivity contribution in [1.82, 2.24) is 18.7 Å². The van der Waals surface area contributed by atoms with E-state index in [-0.39, 0.29) is 23.5 Å². The second-order valence-corrected chi connectivity index (χ2v) is 7.07. The van der Waals surface area contributed by atoms with Crippen LogP contribution in [0.1, 0.15) is 18.4 Å². The number of carbonyl (C=O) groups is 2. The monoisotopic (exact) mass is 442 g/mol. The topological polar surface area (TPSA) is 161 Å². The molecular weight excluding hydrogens is 420 g/mol. The van der Waals surface area contributed by atoms with Gasteiger partial charge in [-0.1, -0.05) is 30.3 Å². The molecule has 3 aromatic rings. The molecule has 0 unspecified atom stereocenters. The van der Waals surface area contributed by atoms with Crippen molar-refractivity contribution >= 4 is 34.8 Å². The van der Waals surface area contributed by atoms with Crippen LogP contribution in [0.4, 0.5) is 5.95 Å². The molecule has 0 spiro atoms. The molecule has 3 N–H and O–H groups in total. The Morgan fingerprint density at radius 3 is 2.38 bits per heavy atom. The Morgan fingerprint density at radius 2 is 1.75 bits per heavy atom. The minimum atomic E-state index is -1.38. The maximum Gasteiger partial charge on any atom is 0.352 e. The first-order valence-electron chi connectivity index (χ1n) is 9.68. The van der Waals surface area contributed by atoms with E-state index in [2.05, 4.69) is 15.5 Å². The van der Waals surface area contributed by atoms with E-state index in [0.717, 1.165) is 10.1 Å². The molecule has 0 saturated carbocycles. The van der Waals surface area contributed by atoms with Gasteiger partial charge < -0.3 is 14.8 Å². The number of hydrogen-bond donors (Lipinski definition) is 3. The smallest absolute Gasteiger partial charge is 0.352 e. The number of hydrazone groups is 1. The highest BCUT2D eigenvalue weighted by molar-refractivity contribution is 6.35. The van der Waals surface area contributed by atoms with Gasteiger partial charge in [-0.15, -0.1) is 0 Å². The van der Waals surface area contributed by atoms with Crippen molar-refractivity contribution in [2.45, 2.75) is 25.8 Å². The highest BCUT2D eigenvalue weighted by atomic mass is 16.4. The van der Waals surface area contributed by atoms with Crippen LogP contribution in [0.2, 0.25) is 0 Å². The van der Waals surface area contributed by atoms with Gasteiger partial charge in [-0.25, -0.2) is 15.0 Å². The van der Waals surface area contributed by atoms with Gasteiger partial charge in [0.1, 0.15) is 5.71 Å². The van der Waals surface area contributed by atoms with E-state index in [4.69, 9.17) is 5.11 Å². The molecule has 2 heterocycles. The Labute approximate surface area is 181 Å². The molecule has 0 amide bonds. The number of anilines is 1. The van der Waals surface area contributed by atoms with E-state index < -0.39 is 35.3 Å². The standard InChI is InChI=1S/C20H22N6O6/c1-24-16-15(17(29)25(2)20(24)32)26(11-10-12-6-4-3-5-7-12)19(21-16)23-22-13(18(30)31)8-9-14(27)28/h3-7H,8-11H2,1-2H3,(H,21,23)(H,27,28)(H,30,31)/b22-13-. The number of hydrogen-bond acceptors (Lipinski definition) is 7. The number of aryl methyl sites for hydroxylation is 3. The fourth-order valence-corrected chi connectivity index (χ4v) is 3.19. The minimum Gasteiger partial charge on any atom is -0.481 e. The van der Waals surface area contributed by atoms with Gasteiger partial charge in [0.2, 0.25) is 5.95 Å². The van der Waals surface area contributed by atoms with E-state index in [9.17, 15) is 24.3 Å². The zero-order valence-corrected chi connectivity index (χ0v) is 17.5. The summed E-state index contributed by atoms with van der Waals surface area (Å²) in [5.74, 6) is -2.48. The van der Waals surface area contributed by atoms with Gasteiger partial charge in [0.15, 0.2) is 11.2 Å². The predicted octanol–water partition coefficient (Wildman–Crippen LogP) is 0.394. The van der Waals surface area contributed by atoms with Crippen LogP contribution in [0.25, 0.3) is 11.2 Å². The number of nitrogens with zero attached hydrogens (tertiary/aromatic N) is 5. The zero-order valence-electron chi connectivity index (χ0n) is 17.5. The lowest BCUT2D eigenvalue weighted by Gasteiger charge is -2.10. The summed E-state index contributed by atoms with van der Waals surface area (Å²) in [5, 5.41) is 21.9. The molecule has 0 aliphatic carbocycles. The van der Waals surface area contributed by atoms with Gasteiger partial charge in [0.05, 0.1) is 6.42 Å². The highest BCUT2D eigenvalue weighted by Gasteiger charge is 2.20. The SMILES string of the molecule is Cn1c(=O)c2c(nc(N/N=C(/CCC(=O)O)C(=O)O)n2CCc2ccccc2)n(C)c1=O. The van der Waals surface area contributed by atoms with E-state index in [0.29, 0.717) is 13.0 Å². The minimum absolute atomic E-state index is 0.0586. The summed E-state index contributed by atoms with van der Waals surface area (Å²) in [6.07, 6.45) is -0.185. The number of imidazole rings is 1. The number of nitrogens with one attached hydrogen (secondary N) is 1. The Morgan fingerprint density at radius 1 is 1.06 bits per heavy atom. The van der Waals surface area contributed by atoms with Crippen LogP contribution in [0.5, 0.6) is 0 Å². The third kappa shape index (κ3) is 4.58. The van der Waals surface area contributed by atoms with E-state index >= 15 is 0 Å². The molecule has 12 heteroatoms. The first-order valence-corrected chi connectivity index (χ1v) is 9.68. The van der Waals surface area contributed by atoms with Crippen LogP contribution in [0.3, 0.4) is 0 Å². The summed E-state index contributed by atoms with van der Waals surface area (Å²) in [5.41, 5.74) is 2.30. The van der Waals surface area contributed by atoms with Gasteiger partial charge in [-0.2, -0.15) is 10.1 Å². The third-order valence-corrected chi connectivity index (χ3v) is 4.93. The molecule has 168 valence electrons. The molecule has 0 bridgehead atoms. The first kappa shape index (κ1) is 22.5. The van der Waals surface area contributed by atoms with Crippen molar-refractivity contribution in [3.63, 3.8) is 0 Å². The maximum atomic E-state index is 12.8. The van der Waals surface area contributed by atoms with Gasteiger partial charge in [0.25, 0.3) is 5.56 Å². The Hall–Kier alpha value is -4.22. The van der Waals surface area contributed by atoms with Crippen LogP contribution in [0, 0.1) is 0 Å². The van der Waals surface area contributed by atoms with Crippen molar-refractivity contribution in [3.05, 3.63) is 56.7 Å². The lowest BCUT2D eigenvalue weighted by Crippen LogP contribution is -2.37. The summed E-state index contributed by atoms with van der Waals surface area (Å²) >= 11 is 0. The molecule has 3 rings (SSSR count). The average Bonchev–Trinajstić information content (AvgIpc) is 3.13. The number of aromatic nitrogens is 4. The molecule has 1 aromatic carbocycles. The van der Waals surface area contributed by atoms with Gasteiger partial charge in [-0.3, -0.25) is 18.7 Å². The predicted molar refractivity (Wildman–Crippen MR) is 116 cm³/mol. The van der Waals surface area contributed by atoms with Gasteiger partial charge >= 0.3 is 17.6 Å². The number of fused-ring (bicyclic) bond motifs is 1. The zero-order chi connectivity index (χ0) is 23.4. The van der Waals surface area contributed by atoms with Gasteiger partial charge in [-0.05, 0) is 12.0 Å². The lowest BCUT2D eigenvalue weighted by molar-refractivity contribution is -0.136. The Bertz CT molecular complexity index is 1320. The van der Waals surface area contributed by atoms with Crippen LogP contribution in [0.15, 0.2) is 45.0 Å². The van der Waals surface area contributed by atoms with E-state index in [1.165, 1.54) is 23.2 Å². The fourth-order valence-electron chi connectivity index (χ4n) is 3.19. The Kier molecular flexibility index (Phi) is 6.52. The fraction of sp³-hybridized carbons (Fsp3) is 0.300. The third-order valence-electron chi connectivity index (χ3n) is 4.93. The molecule has 12 nitrogen and oxygen atoms in total. The molecule has 0 radical (unpaired) electrons. The number of carboxylic acids is 2. The van der Waals surface area contributed by atoms with Crippen LogP contribution in [-0.2, 0) is 36.6 Å². The van der Waals surface area contributed by atoms with Crippen LogP contribution >= 0.6 is 0 Å². The molecule has 0 aliphatic heterocycles. The van der Waals surface area contributed by atoms with Crippen molar-refractivity contribution in [2.24, 2.45) is 19.2 Å². The van der Waals surface area contributed by atoms with E-state index in [1.54, 1.807) is 0 Å². The van der Waals surface area contributed by atoms with Crippen molar-refractivity contribution < 1.29 is 19.8 Å². The quantitative estimate of drug-likeness (QED) is 0.317. The average molecular weight is 442 g/mol. The number of benzene rings is 1. The number of carboxylic acid groups (broad SMARTS) is 2. The second-order valence-electron chi connectivity index (χ2n) is 7.07. The summed E-state index contributed by atoms with van der Waals surface area (Å²) < 4.78 is 3.71. The van der Waals surface area contributed by atoms with Crippen molar-refractivity contribution in [2.75, 3.05) is 5.43 Å². The van der Waals surface area contributed by atoms with Crippen molar-refractivity contribution in [1.29, 1.82) is 0 Å². The molecule has 0 aliphatic rings. The summed E-state index contributed by atoms with van der Waals surface area (Å²) in [4.78, 5) is 51.6. The second kappa shape index (κ2) is 9.29. The van der Waals surface area contributed by atoms with Crippen LogP contribution < -0.4 is 16.7 Å². The number of aliphatic carboxylic acids is 2. The summed E-state index contributed by atoms with van der Waals surface area (Å²) in [6.45, 7) is 0.295. The van der Waals surface area contributed by atoms with E-state index in [1.807, 2.05) is 30.3 Å². The van der Waals surface area contributed by atoms with Crippen molar-refractivity contribution in [3.8, 4) is 0 Å². The highest BCUT2D eigenvalue weighted by Crippen LogP contribution is 2.17. The lowest BCUT2D eigenvalue weighted by atomic mass is 10.1. The largest absolute Gasteiger partial charge is 0.481 e. The molecular formula is C20H22N6O6.